The van der Waals surface area contributed by atoms with Crippen LogP contribution in [0.5, 0.6) is 0 Å². The summed E-state index contributed by atoms with van der Waals surface area (Å²) in [4.78, 5) is 0. The SMILES string of the molecule is CCCCCC.C[Si](C)(Cl)C1=CC=CC1. The van der Waals surface area contributed by atoms with Crippen LogP contribution in [0, 0.1) is 0 Å². The van der Waals surface area contributed by atoms with Crippen molar-refractivity contribution in [2.24, 2.45) is 0 Å². The topological polar surface area (TPSA) is 0 Å². The van der Waals surface area contributed by atoms with Gasteiger partial charge in [0.15, 0.2) is 7.38 Å². The van der Waals surface area contributed by atoms with E-state index >= 15 is 0 Å². The molecule has 0 aromatic heterocycles. The Hall–Kier alpha value is -0.0131. The first-order valence-electron chi connectivity index (χ1n) is 6.07. The Kier molecular flexibility index (Phi) is 8.17. The normalized spacial score (nSPS) is 14.6. The molecule has 88 valence electrons. The first-order chi connectivity index (χ1) is 7.02. The summed E-state index contributed by atoms with van der Waals surface area (Å²) in [5.41, 5.74) is 0. The number of hydrogen-bond acceptors (Lipinski definition) is 0. The van der Waals surface area contributed by atoms with E-state index in [9.17, 15) is 0 Å². The highest BCUT2D eigenvalue weighted by molar-refractivity contribution is 7.23. The highest BCUT2D eigenvalue weighted by Crippen LogP contribution is 2.25. The zero-order chi connectivity index (χ0) is 11.7. The van der Waals surface area contributed by atoms with Gasteiger partial charge in [-0.25, -0.2) is 0 Å². The zero-order valence-corrected chi connectivity index (χ0v) is 12.4. The van der Waals surface area contributed by atoms with Crippen molar-refractivity contribution >= 4 is 18.5 Å². The van der Waals surface area contributed by atoms with Crippen molar-refractivity contribution in [2.75, 3.05) is 0 Å². The van der Waals surface area contributed by atoms with E-state index in [0.29, 0.717) is 0 Å². The molecule has 0 spiro atoms. The summed E-state index contributed by atoms with van der Waals surface area (Å²) in [6.07, 6.45) is 13.0. The van der Waals surface area contributed by atoms with Crippen molar-refractivity contribution in [3.8, 4) is 0 Å². The van der Waals surface area contributed by atoms with Gasteiger partial charge in [0.05, 0.1) is 0 Å². The fourth-order valence-electron chi connectivity index (χ4n) is 1.39. The van der Waals surface area contributed by atoms with Crippen molar-refractivity contribution in [2.45, 2.75) is 59.0 Å². The molecular weight excluding hydrogens is 220 g/mol. The van der Waals surface area contributed by atoms with E-state index in [2.05, 4.69) is 45.2 Å². The molecule has 0 amide bonds. The molecule has 0 saturated heterocycles. The molecule has 0 bridgehead atoms. The maximum absolute atomic E-state index is 6.17. The highest BCUT2D eigenvalue weighted by Gasteiger charge is 2.22. The molecule has 0 aromatic carbocycles. The molecule has 1 aliphatic rings. The molecule has 15 heavy (non-hydrogen) atoms. The van der Waals surface area contributed by atoms with Gasteiger partial charge < -0.3 is 0 Å². The number of hydrogen-bond donors (Lipinski definition) is 0. The van der Waals surface area contributed by atoms with Crippen LogP contribution in [0.15, 0.2) is 23.4 Å². The van der Waals surface area contributed by atoms with Gasteiger partial charge in [0.1, 0.15) is 0 Å². The second kappa shape index (κ2) is 8.18. The van der Waals surface area contributed by atoms with Crippen molar-refractivity contribution in [1.29, 1.82) is 0 Å². The second-order valence-corrected chi connectivity index (χ2v) is 10.9. The van der Waals surface area contributed by atoms with Crippen LogP contribution >= 0.6 is 11.1 Å². The maximum atomic E-state index is 6.17. The van der Waals surface area contributed by atoms with Crippen LogP contribution in [0.4, 0.5) is 0 Å². The molecule has 0 aliphatic heterocycles. The molecule has 0 radical (unpaired) electrons. The summed E-state index contributed by atoms with van der Waals surface area (Å²) in [5, 5.41) is 1.45. The Labute approximate surface area is 101 Å². The van der Waals surface area contributed by atoms with Crippen LogP contribution in [0.1, 0.15) is 46.0 Å². The van der Waals surface area contributed by atoms with Gasteiger partial charge in [-0.3, -0.25) is 0 Å². The number of halogens is 1. The third kappa shape index (κ3) is 7.86. The Morgan fingerprint density at radius 1 is 1.20 bits per heavy atom. The van der Waals surface area contributed by atoms with Crippen molar-refractivity contribution in [3.63, 3.8) is 0 Å². The van der Waals surface area contributed by atoms with Crippen LogP contribution in [0.25, 0.3) is 0 Å². The highest BCUT2D eigenvalue weighted by atomic mass is 35.6. The Morgan fingerprint density at radius 2 is 1.73 bits per heavy atom. The van der Waals surface area contributed by atoms with Gasteiger partial charge in [-0.2, -0.15) is 11.1 Å². The average molecular weight is 245 g/mol. The first-order valence-corrected chi connectivity index (χ1v) is 10.1. The van der Waals surface area contributed by atoms with E-state index in [1.54, 1.807) is 0 Å². The zero-order valence-electron chi connectivity index (χ0n) is 10.6. The Morgan fingerprint density at radius 3 is 1.93 bits per heavy atom. The summed E-state index contributed by atoms with van der Waals surface area (Å²) in [6, 6.07) is 0. The van der Waals surface area contributed by atoms with Crippen LogP contribution in [0.2, 0.25) is 13.1 Å². The molecule has 0 unspecified atom stereocenters. The minimum Gasteiger partial charge on any atom is -0.162 e. The number of rotatable bonds is 4. The lowest BCUT2D eigenvalue weighted by molar-refractivity contribution is 0.702. The minimum atomic E-state index is -1.45. The van der Waals surface area contributed by atoms with Gasteiger partial charge in [-0.05, 0) is 6.42 Å². The summed E-state index contributed by atoms with van der Waals surface area (Å²) < 4.78 is 0. The fraction of sp³-hybridized carbons (Fsp3) is 0.692. The van der Waals surface area contributed by atoms with Gasteiger partial charge >= 0.3 is 0 Å². The van der Waals surface area contributed by atoms with E-state index in [-0.39, 0.29) is 0 Å². The quantitative estimate of drug-likeness (QED) is 0.351. The van der Waals surface area contributed by atoms with E-state index in [1.165, 1.54) is 30.9 Å². The standard InChI is InChI=1S/C7H11ClSi.C6H14/c1-9(2,8)7-5-3-4-6-7;1-3-5-6-4-2/h3-5H,6H2,1-2H3;3-6H2,1-2H3. The third-order valence-corrected chi connectivity index (χ3v) is 5.12. The third-order valence-electron chi connectivity index (χ3n) is 2.49. The molecule has 0 N–H and O–H groups in total. The lowest BCUT2D eigenvalue weighted by atomic mass is 10.2. The number of unbranched alkanes of at least 4 members (excludes halogenated alkanes) is 3. The van der Waals surface area contributed by atoms with Crippen molar-refractivity contribution < 1.29 is 0 Å². The van der Waals surface area contributed by atoms with Gasteiger partial charge in [-0.1, -0.05) is 76.0 Å². The van der Waals surface area contributed by atoms with Crippen LogP contribution in [-0.2, 0) is 0 Å². The van der Waals surface area contributed by atoms with Crippen LogP contribution in [0.3, 0.4) is 0 Å². The van der Waals surface area contributed by atoms with E-state index in [4.69, 9.17) is 11.1 Å². The Balaban J connectivity index is 0.000000288. The minimum absolute atomic E-state index is 1.09. The monoisotopic (exact) mass is 244 g/mol. The molecule has 1 aliphatic carbocycles. The fourth-order valence-corrected chi connectivity index (χ4v) is 2.90. The van der Waals surface area contributed by atoms with E-state index in [0.717, 1.165) is 6.42 Å². The average Bonchev–Trinajstić information content (AvgIpc) is 2.67. The predicted octanol–water partition coefficient (Wildman–Crippen LogP) is 5.44. The van der Waals surface area contributed by atoms with Gasteiger partial charge in [0.25, 0.3) is 0 Å². The van der Waals surface area contributed by atoms with Gasteiger partial charge in [-0.15, -0.1) is 0 Å². The molecule has 0 atom stereocenters. The predicted molar refractivity (Wildman–Crippen MR) is 75.0 cm³/mol. The van der Waals surface area contributed by atoms with E-state index < -0.39 is 7.38 Å². The summed E-state index contributed by atoms with van der Waals surface area (Å²) in [7, 11) is -1.45. The molecule has 1 rings (SSSR count). The molecule has 0 fully saturated rings. The van der Waals surface area contributed by atoms with Gasteiger partial charge in [0, 0.05) is 0 Å². The van der Waals surface area contributed by atoms with Crippen LogP contribution in [-0.4, -0.2) is 7.38 Å². The molecule has 0 nitrogen and oxygen atoms in total. The van der Waals surface area contributed by atoms with Gasteiger partial charge in [0.2, 0.25) is 0 Å². The number of allylic oxidation sites excluding steroid dienone is 4. The molecule has 0 aromatic rings. The molecule has 0 heterocycles. The molecule has 0 saturated carbocycles. The van der Waals surface area contributed by atoms with Crippen molar-refractivity contribution in [1.82, 2.24) is 0 Å². The smallest absolute Gasteiger partial charge is 0.162 e. The molecular formula is C13H25ClSi. The second-order valence-electron chi connectivity index (χ2n) is 4.50. The molecule has 2 heteroatoms. The van der Waals surface area contributed by atoms with E-state index in [1.807, 2.05) is 0 Å². The largest absolute Gasteiger partial charge is 0.177 e. The summed E-state index contributed by atoms with van der Waals surface area (Å²) in [5.74, 6) is 0. The first kappa shape index (κ1) is 15.0. The lowest BCUT2D eigenvalue weighted by Crippen LogP contribution is -2.19. The lowest BCUT2D eigenvalue weighted by Gasteiger charge is -2.13. The van der Waals surface area contributed by atoms with Crippen molar-refractivity contribution in [3.05, 3.63) is 23.4 Å². The summed E-state index contributed by atoms with van der Waals surface area (Å²) in [6.45, 7) is 8.78. The Bertz CT molecular complexity index is 207. The summed E-state index contributed by atoms with van der Waals surface area (Å²) >= 11 is 6.17. The van der Waals surface area contributed by atoms with Crippen LogP contribution < -0.4 is 0 Å². The maximum Gasteiger partial charge on any atom is 0.177 e.